The van der Waals surface area contributed by atoms with E-state index in [9.17, 15) is 9.59 Å². The fourth-order valence-corrected chi connectivity index (χ4v) is 3.52. The minimum Gasteiger partial charge on any atom is -0.326 e. The maximum atomic E-state index is 12.1. The van der Waals surface area contributed by atoms with E-state index >= 15 is 0 Å². The Morgan fingerprint density at radius 2 is 1.91 bits per heavy atom. The lowest BCUT2D eigenvalue weighted by Gasteiger charge is -2.23. The fraction of sp³-hybridized carbons (Fsp3) is 0.125. The molecule has 0 unspecified atom stereocenters. The first-order chi connectivity index (χ1) is 10.6. The lowest BCUT2D eigenvalue weighted by atomic mass is 10.2. The average Bonchev–Trinajstić information content (AvgIpc) is 2.50. The zero-order chi connectivity index (χ0) is 15.5. The highest BCUT2D eigenvalue weighted by molar-refractivity contribution is 9.10. The summed E-state index contributed by atoms with van der Waals surface area (Å²) in [5.74, 6) is -0.302. The monoisotopic (exact) mass is 376 g/mol. The van der Waals surface area contributed by atoms with Crippen LogP contribution in [-0.2, 0) is 9.59 Å². The van der Waals surface area contributed by atoms with Crippen LogP contribution in [0.2, 0.25) is 0 Å². The minimum atomic E-state index is -0.412. The summed E-state index contributed by atoms with van der Waals surface area (Å²) in [5, 5.41) is 5.24. The molecule has 0 aliphatic carbocycles. The number of fused-ring (bicyclic) bond motifs is 1. The zero-order valence-corrected chi connectivity index (χ0v) is 13.9. The summed E-state index contributed by atoms with van der Waals surface area (Å²) in [6.45, 7) is 0. The van der Waals surface area contributed by atoms with Gasteiger partial charge in [0.05, 0.1) is 10.9 Å². The summed E-state index contributed by atoms with van der Waals surface area (Å²) in [5.41, 5.74) is 1.52. The number of rotatable bonds is 3. The molecule has 1 aliphatic rings. The van der Waals surface area contributed by atoms with Gasteiger partial charge < -0.3 is 10.6 Å². The lowest BCUT2D eigenvalue weighted by molar-refractivity contribution is -0.120. The quantitative estimate of drug-likeness (QED) is 0.853. The molecule has 0 bridgehead atoms. The Morgan fingerprint density at radius 1 is 1.18 bits per heavy atom. The standard InChI is InChI=1S/C16H13BrN2O2S/c17-10-5-7-11(8-6-10)18-15(20)9-14-16(21)19-12-3-1-2-4-13(12)22-14/h1-8,14H,9H2,(H,18,20)(H,19,21)/t14-/m1/s1. The second kappa shape index (κ2) is 6.54. The van der Waals surface area contributed by atoms with Gasteiger partial charge in [-0.1, -0.05) is 28.1 Å². The molecule has 1 heterocycles. The van der Waals surface area contributed by atoms with Gasteiger partial charge in [0.25, 0.3) is 0 Å². The van der Waals surface area contributed by atoms with Gasteiger partial charge in [-0.25, -0.2) is 0 Å². The molecule has 2 aromatic rings. The van der Waals surface area contributed by atoms with Crippen molar-refractivity contribution in [3.05, 3.63) is 53.0 Å². The molecule has 22 heavy (non-hydrogen) atoms. The molecular weight excluding hydrogens is 364 g/mol. The largest absolute Gasteiger partial charge is 0.326 e. The smallest absolute Gasteiger partial charge is 0.238 e. The molecular formula is C16H13BrN2O2S. The van der Waals surface area contributed by atoms with Gasteiger partial charge >= 0.3 is 0 Å². The van der Waals surface area contributed by atoms with Crippen LogP contribution >= 0.6 is 27.7 Å². The molecule has 0 aromatic heterocycles. The number of hydrogen-bond acceptors (Lipinski definition) is 3. The third kappa shape index (κ3) is 3.51. The number of carbonyl (C=O) groups is 2. The van der Waals surface area contributed by atoms with Crippen molar-refractivity contribution in [1.29, 1.82) is 0 Å². The second-order valence-electron chi connectivity index (χ2n) is 4.85. The number of amides is 2. The van der Waals surface area contributed by atoms with E-state index in [1.807, 2.05) is 48.5 Å². The second-order valence-corrected chi connectivity index (χ2v) is 7.01. The van der Waals surface area contributed by atoms with Gasteiger partial charge in [-0.05, 0) is 36.4 Å². The van der Waals surface area contributed by atoms with Crippen LogP contribution in [0.25, 0.3) is 0 Å². The van der Waals surface area contributed by atoms with Crippen LogP contribution in [0.5, 0.6) is 0 Å². The molecule has 2 amide bonds. The summed E-state index contributed by atoms with van der Waals surface area (Å²) >= 11 is 4.77. The maximum absolute atomic E-state index is 12.1. The first-order valence-corrected chi connectivity index (χ1v) is 8.41. The van der Waals surface area contributed by atoms with Crippen molar-refractivity contribution in [2.75, 3.05) is 10.6 Å². The van der Waals surface area contributed by atoms with Crippen molar-refractivity contribution < 1.29 is 9.59 Å². The summed E-state index contributed by atoms with van der Waals surface area (Å²) < 4.78 is 0.948. The molecule has 0 spiro atoms. The Hall–Kier alpha value is -1.79. The van der Waals surface area contributed by atoms with Gasteiger partial charge in [-0.2, -0.15) is 0 Å². The normalized spacial score (nSPS) is 16.6. The highest BCUT2D eigenvalue weighted by Gasteiger charge is 2.28. The van der Waals surface area contributed by atoms with Crippen LogP contribution in [0.1, 0.15) is 6.42 Å². The number of anilines is 2. The van der Waals surface area contributed by atoms with Crippen LogP contribution in [0.15, 0.2) is 57.9 Å². The molecule has 0 saturated heterocycles. The molecule has 6 heteroatoms. The fourth-order valence-electron chi connectivity index (χ4n) is 2.14. The van der Waals surface area contributed by atoms with E-state index in [0.717, 1.165) is 20.7 Å². The van der Waals surface area contributed by atoms with Gasteiger partial charge in [0.2, 0.25) is 11.8 Å². The molecule has 0 radical (unpaired) electrons. The summed E-state index contributed by atoms with van der Waals surface area (Å²) in [4.78, 5) is 25.2. The van der Waals surface area contributed by atoms with E-state index in [4.69, 9.17) is 0 Å². The van der Waals surface area contributed by atoms with Crippen LogP contribution < -0.4 is 10.6 Å². The van der Waals surface area contributed by atoms with Crippen molar-refractivity contribution in [2.45, 2.75) is 16.6 Å². The number of carbonyl (C=O) groups excluding carboxylic acids is 2. The van der Waals surface area contributed by atoms with Crippen LogP contribution in [0.4, 0.5) is 11.4 Å². The maximum Gasteiger partial charge on any atom is 0.238 e. The predicted molar refractivity (Wildman–Crippen MR) is 92.1 cm³/mol. The number of nitrogens with one attached hydrogen (secondary N) is 2. The van der Waals surface area contributed by atoms with E-state index in [2.05, 4.69) is 26.6 Å². The third-order valence-corrected chi connectivity index (χ3v) is 5.01. The molecule has 0 saturated carbocycles. The molecule has 1 aliphatic heterocycles. The molecule has 4 nitrogen and oxygen atoms in total. The molecule has 3 rings (SSSR count). The Balaban J connectivity index is 1.64. The van der Waals surface area contributed by atoms with Crippen molar-refractivity contribution in [3.63, 3.8) is 0 Å². The minimum absolute atomic E-state index is 0.130. The molecule has 0 fully saturated rings. The molecule has 2 N–H and O–H groups in total. The van der Waals surface area contributed by atoms with Crippen molar-refractivity contribution in [1.82, 2.24) is 0 Å². The summed E-state index contributed by atoms with van der Waals surface area (Å²) in [6, 6.07) is 14.9. The number of halogens is 1. The van der Waals surface area contributed by atoms with E-state index < -0.39 is 5.25 Å². The Kier molecular flexibility index (Phi) is 4.49. The van der Waals surface area contributed by atoms with Crippen LogP contribution in [-0.4, -0.2) is 17.1 Å². The Morgan fingerprint density at radius 3 is 2.68 bits per heavy atom. The topological polar surface area (TPSA) is 58.2 Å². The van der Waals surface area contributed by atoms with Crippen LogP contribution in [0.3, 0.4) is 0 Å². The first-order valence-electron chi connectivity index (χ1n) is 6.74. The van der Waals surface area contributed by atoms with Gasteiger partial charge in [-0.15, -0.1) is 11.8 Å². The highest BCUT2D eigenvalue weighted by Crippen LogP contribution is 2.36. The number of para-hydroxylation sites is 1. The van der Waals surface area contributed by atoms with Gasteiger partial charge in [0.15, 0.2) is 0 Å². The molecule has 1 atom stereocenters. The Labute approximate surface area is 140 Å². The molecule has 112 valence electrons. The third-order valence-electron chi connectivity index (χ3n) is 3.21. The highest BCUT2D eigenvalue weighted by atomic mass is 79.9. The van der Waals surface area contributed by atoms with E-state index in [1.54, 1.807) is 0 Å². The van der Waals surface area contributed by atoms with Gasteiger partial charge in [0.1, 0.15) is 0 Å². The van der Waals surface area contributed by atoms with Crippen LogP contribution in [0, 0.1) is 0 Å². The van der Waals surface area contributed by atoms with Gasteiger partial charge in [-0.3, -0.25) is 9.59 Å². The zero-order valence-electron chi connectivity index (χ0n) is 11.5. The van der Waals surface area contributed by atoms with E-state index in [0.29, 0.717) is 0 Å². The Bertz CT molecular complexity index is 718. The SMILES string of the molecule is O=C(C[C@H]1Sc2ccccc2NC1=O)Nc1ccc(Br)cc1. The number of benzene rings is 2. The summed E-state index contributed by atoms with van der Waals surface area (Å²) in [7, 11) is 0. The number of hydrogen-bond donors (Lipinski definition) is 2. The van der Waals surface area contributed by atoms with E-state index in [1.165, 1.54) is 11.8 Å². The van der Waals surface area contributed by atoms with E-state index in [-0.39, 0.29) is 18.2 Å². The number of thioether (sulfide) groups is 1. The van der Waals surface area contributed by atoms with Crippen molar-refractivity contribution in [3.8, 4) is 0 Å². The van der Waals surface area contributed by atoms with Crippen molar-refractivity contribution in [2.24, 2.45) is 0 Å². The molecule has 2 aromatic carbocycles. The van der Waals surface area contributed by atoms with Gasteiger partial charge in [0, 0.05) is 21.5 Å². The predicted octanol–water partition coefficient (Wildman–Crippen LogP) is 3.89. The first kappa shape index (κ1) is 15.1. The lowest BCUT2D eigenvalue weighted by Crippen LogP contribution is -2.32. The van der Waals surface area contributed by atoms with Crippen molar-refractivity contribution >= 4 is 50.9 Å². The average molecular weight is 377 g/mol. The summed E-state index contributed by atoms with van der Waals surface area (Å²) in [6.07, 6.45) is 0.140.